The van der Waals surface area contributed by atoms with Crippen LogP contribution in [0.25, 0.3) is 0 Å². The normalized spacial score (nSPS) is 20.8. The lowest BCUT2D eigenvalue weighted by Gasteiger charge is -2.20. The summed E-state index contributed by atoms with van der Waals surface area (Å²) >= 11 is 0. The van der Waals surface area contributed by atoms with Gasteiger partial charge in [0.25, 0.3) is 0 Å². The van der Waals surface area contributed by atoms with Gasteiger partial charge in [-0.25, -0.2) is 0 Å². The van der Waals surface area contributed by atoms with Gasteiger partial charge in [0.2, 0.25) is 11.8 Å². The van der Waals surface area contributed by atoms with Crippen LogP contribution >= 0.6 is 0 Å². The first kappa shape index (κ1) is 24.6. The average Bonchev–Trinajstić information content (AvgIpc) is 3.37. The maximum absolute atomic E-state index is 12.3. The van der Waals surface area contributed by atoms with Gasteiger partial charge in [-0.1, -0.05) is 27.4 Å². The monoisotopic (exact) mass is 398 g/mol. The molecule has 2 unspecified atom stereocenters. The summed E-state index contributed by atoms with van der Waals surface area (Å²) in [4.78, 5) is 23.3. The lowest BCUT2D eigenvalue weighted by atomic mass is 9.89. The maximum Gasteiger partial charge on any atom is 0.243 e. The molecule has 2 amide bonds. The lowest BCUT2D eigenvalue weighted by molar-refractivity contribution is -0.128. The van der Waals surface area contributed by atoms with Gasteiger partial charge < -0.3 is 24.8 Å². The first-order chi connectivity index (χ1) is 13.4. The van der Waals surface area contributed by atoms with E-state index in [4.69, 9.17) is 14.2 Å². The van der Waals surface area contributed by atoms with Crippen LogP contribution in [0.5, 0.6) is 0 Å². The molecule has 0 aromatic carbocycles. The molecule has 1 aliphatic rings. The molecule has 2 atom stereocenters. The van der Waals surface area contributed by atoms with Gasteiger partial charge in [-0.15, -0.1) is 0 Å². The Bertz CT molecular complexity index is 483. The van der Waals surface area contributed by atoms with Crippen molar-refractivity contribution in [3.63, 3.8) is 0 Å². The van der Waals surface area contributed by atoms with Crippen LogP contribution in [0.4, 0.5) is 0 Å². The second-order valence-corrected chi connectivity index (χ2v) is 7.60. The van der Waals surface area contributed by atoms with E-state index in [-0.39, 0.29) is 17.2 Å². The molecule has 0 aliphatic heterocycles. The predicted octanol–water partition coefficient (Wildman–Crippen LogP) is 1.92. The fraction of sp³-hybridized carbons (Fsp3) is 0.810. The van der Waals surface area contributed by atoms with E-state index in [2.05, 4.69) is 38.0 Å². The van der Waals surface area contributed by atoms with Gasteiger partial charge in [0.1, 0.15) is 0 Å². The van der Waals surface area contributed by atoms with Gasteiger partial charge in [0.15, 0.2) is 0 Å². The molecule has 0 spiro atoms. The molecule has 0 radical (unpaired) electrons. The summed E-state index contributed by atoms with van der Waals surface area (Å²) in [6.45, 7) is 14.3. The molecular formula is C21H38N2O5. The van der Waals surface area contributed by atoms with Crippen molar-refractivity contribution in [1.82, 2.24) is 10.6 Å². The minimum absolute atomic E-state index is 0.143. The number of carbonyl (C=O) groups excluding carboxylic acids is 2. The fourth-order valence-electron chi connectivity index (χ4n) is 3.37. The second kappa shape index (κ2) is 13.7. The number of hydrogen-bond donors (Lipinski definition) is 2. The van der Waals surface area contributed by atoms with E-state index in [1.165, 1.54) is 6.08 Å². The third kappa shape index (κ3) is 8.71. The second-order valence-electron chi connectivity index (χ2n) is 7.60. The zero-order valence-electron chi connectivity index (χ0n) is 17.8. The molecule has 0 aromatic rings. The van der Waals surface area contributed by atoms with Gasteiger partial charge in [-0.3, -0.25) is 9.59 Å². The Kier molecular flexibility index (Phi) is 12.0. The van der Waals surface area contributed by atoms with Crippen LogP contribution in [0.15, 0.2) is 12.7 Å². The zero-order chi connectivity index (χ0) is 20.8. The van der Waals surface area contributed by atoms with Crippen molar-refractivity contribution in [3.05, 3.63) is 12.7 Å². The van der Waals surface area contributed by atoms with E-state index in [1.807, 2.05) is 0 Å². The van der Waals surface area contributed by atoms with Crippen LogP contribution in [0.2, 0.25) is 0 Å². The summed E-state index contributed by atoms with van der Waals surface area (Å²) in [5.74, 6) is 0.908. The summed E-state index contributed by atoms with van der Waals surface area (Å²) in [5, 5.41) is 5.74. The first-order valence-corrected chi connectivity index (χ1v) is 10.4. The van der Waals surface area contributed by atoms with Crippen molar-refractivity contribution in [3.8, 4) is 0 Å². The standard InChI is InChI=1S/C21H38N2O5/c1-5-19(24)22-8-6-10-26-12-14-28-15-13-27-11-7-9-23-20(25)21(17(2)3)16-18(21)4/h5,17-18H,1,6-16H2,2-4H3,(H,22,24)(H,23,25). The zero-order valence-corrected chi connectivity index (χ0v) is 17.8. The Labute approximate surface area is 169 Å². The molecule has 162 valence electrons. The van der Waals surface area contributed by atoms with Gasteiger partial charge >= 0.3 is 0 Å². The number of rotatable bonds is 17. The largest absolute Gasteiger partial charge is 0.379 e. The van der Waals surface area contributed by atoms with Crippen LogP contribution in [0, 0.1) is 17.3 Å². The number of ether oxygens (including phenoxy) is 3. The number of hydrogen-bond acceptors (Lipinski definition) is 5. The van der Waals surface area contributed by atoms with E-state index >= 15 is 0 Å². The van der Waals surface area contributed by atoms with E-state index in [0.717, 1.165) is 19.3 Å². The van der Waals surface area contributed by atoms with Crippen molar-refractivity contribution in [2.45, 2.75) is 40.0 Å². The summed E-state index contributed by atoms with van der Waals surface area (Å²) in [5.41, 5.74) is -0.143. The van der Waals surface area contributed by atoms with Crippen molar-refractivity contribution in [2.75, 3.05) is 52.7 Å². The lowest BCUT2D eigenvalue weighted by Crippen LogP contribution is -2.37. The third-order valence-corrected chi connectivity index (χ3v) is 5.26. The minimum Gasteiger partial charge on any atom is -0.379 e. The Hall–Kier alpha value is -1.44. The Morgan fingerprint density at radius 1 is 1.00 bits per heavy atom. The van der Waals surface area contributed by atoms with E-state index in [1.54, 1.807) is 0 Å². The molecule has 1 saturated carbocycles. The number of carbonyl (C=O) groups is 2. The quantitative estimate of drug-likeness (QED) is 0.289. The number of amides is 2. The van der Waals surface area contributed by atoms with Crippen LogP contribution in [-0.4, -0.2) is 64.5 Å². The van der Waals surface area contributed by atoms with Crippen molar-refractivity contribution < 1.29 is 23.8 Å². The molecular weight excluding hydrogens is 360 g/mol. The summed E-state index contributed by atoms with van der Waals surface area (Å²) in [7, 11) is 0. The molecule has 7 heteroatoms. The average molecular weight is 399 g/mol. The SMILES string of the molecule is C=CC(=O)NCCCOCCOCCOCCCNC(=O)C1(C(C)C)CC1C. The van der Waals surface area contributed by atoms with Gasteiger partial charge in [-0.2, -0.15) is 0 Å². The molecule has 0 heterocycles. The molecule has 1 aliphatic carbocycles. The fourth-order valence-corrected chi connectivity index (χ4v) is 3.37. The highest BCUT2D eigenvalue weighted by Crippen LogP contribution is 2.57. The molecule has 7 nitrogen and oxygen atoms in total. The smallest absolute Gasteiger partial charge is 0.243 e. The van der Waals surface area contributed by atoms with Crippen LogP contribution in [0.3, 0.4) is 0 Å². The molecule has 0 bridgehead atoms. The summed E-state index contributed by atoms with van der Waals surface area (Å²) < 4.78 is 16.3. The molecule has 1 fully saturated rings. The minimum atomic E-state index is -0.164. The van der Waals surface area contributed by atoms with Crippen molar-refractivity contribution >= 4 is 11.8 Å². The topological polar surface area (TPSA) is 85.9 Å². The maximum atomic E-state index is 12.3. The highest BCUT2D eigenvalue weighted by Gasteiger charge is 2.58. The highest BCUT2D eigenvalue weighted by molar-refractivity contribution is 5.86. The molecule has 0 aromatic heterocycles. The van der Waals surface area contributed by atoms with Crippen LogP contribution in [0.1, 0.15) is 40.0 Å². The van der Waals surface area contributed by atoms with Gasteiger partial charge in [-0.05, 0) is 37.2 Å². The third-order valence-electron chi connectivity index (χ3n) is 5.26. The summed E-state index contributed by atoms with van der Waals surface area (Å²) in [6.07, 6.45) is 3.82. The van der Waals surface area contributed by atoms with Gasteiger partial charge in [0.05, 0.1) is 31.8 Å². The number of nitrogens with one attached hydrogen (secondary N) is 2. The molecule has 0 saturated heterocycles. The predicted molar refractivity (Wildman–Crippen MR) is 109 cm³/mol. The van der Waals surface area contributed by atoms with Crippen molar-refractivity contribution in [2.24, 2.45) is 17.3 Å². The van der Waals surface area contributed by atoms with Crippen molar-refractivity contribution in [1.29, 1.82) is 0 Å². The Morgan fingerprint density at radius 2 is 1.46 bits per heavy atom. The van der Waals surface area contributed by atoms with E-state index in [9.17, 15) is 9.59 Å². The Morgan fingerprint density at radius 3 is 1.89 bits per heavy atom. The Balaban J connectivity index is 1.82. The molecule has 28 heavy (non-hydrogen) atoms. The van der Waals surface area contributed by atoms with Gasteiger partial charge in [0, 0.05) is 26.3 Å². The summed E-state index contributed by atoms with van der Waals surface area (Å²) in [6, 6.07) is 0. The van der Waals surface area contributed by atoms with E-state index < -0.39 is 0 Å². The first-order valence-electron chi connectivity index (χ1n) is 10.4. The van der Waals surface area contributed by atoms with Crippen LogP contribution in [-0.2, 0) is 23.8 Å². The highest BCUT2D eigenvalue weighted by atomic mass is 16.5. The van der Waals surface area contributed by atoms with E-state index in [0.29, 0.717) is 64.6 Å². The molecule has 1 rings (SSSR count). The van der Waals surface area contributed by atoms with Crippen LogP contribution < -0.4 is 10.6 Å². The molecule has 2 N–H and O–H groups in total.